The number of anilines is 1. The summed E-state index contributed by atoms with van der Waals surface area (Å²) < 4.78 is 0. The molecule has 20 heavy (non-hydrogen) atoms. The zero-order valence-corrected chi connectivity index (χ0v) is 11.9. The summed E-state index contributed by atoms with van der Waals surface area (Å²) in [5, 5.41) is 9.57. The second-order valence-electron chi connectivity index (χ2n) is 5.52. The molecule has 0 radical (unpaired) electrons. The van der Waals surface area contributed by atoms with Gasteiger partial charge in [0.25, 0.3) is 0 Å². The van der Waals surface area contributed by atoms with Gasteiger partial charge in [0.2, 0.25) is 0 Å². The van der Waals surface area contributed by atoms with Crippen molar-refractivity contribution in [3.63, 3.8) is 0 Å². The Morgan fingerprint density at radius 1 is 0.900 bits per heavy atom. The van der Waals surface area contributed by atoms with Crippen molar-refractivity contribution < 1.29 is 5.11 Å². The van der Waals surface area contributed by atoms with E-state index in [1.165, 1.54) is 16.8 Å². The number of hydrogen-bond donors (Lipinski definition) is 1. The van der Waals surface area contributed by atoms with Crippen LogP contribution in [0, 0.1) is 0 Å². The summed E-state index contributed by atoms with van der Waals surface area (Å²) in [6, 6.07) is 17.1. The van der Waals surface area contributed by atoms with Gasteiger partial charge in [-0.2, -0.15) is 0 Å². The van der Waals surface area contributed by atoms with E-state index in [0.29, 0.717) is 0 Å². The molecule has 2 aromatic carbocycles. The van der Waals surface area contributed by atoms with E-state index in [1.54, 1.807) is 6.92 Å². The fraction of sp³-hybridized carbons (Fsp3) is 0.333. The summed E-state index contributed by atoms with van der Waals surface area (Å²) in [5.74, 6) is 0. The van der Waals surface area contributed by atoms with Gasteiger partial charge < -0.3 is 10.0 Å². The van der Waals surface area contributed by atoms with Gasteiger partial charge in [0, 0.05) is 18.8 Å². The molecular weight excluding hydrogens is 246 g/mol. The maximum atomic E-state index is 9.57. The van der Waals surface area contributed by atoms with Crippen LogP contribution in [0.4, 0.5) is 5.69 Å². The average molecular weight is 267 g/mol. The average Bonchev–Trinajstić information content (AvgIpc) is 2.70. The Balaban J connectivity index is 1.76. The van der Waals surface area contributed by atoms with Crippen LogP contribution in [0.1, 0.15) is 29.7 Å². The lowest BCUT2D eigenvalue weighted by Gasteiger charge is -2.23. The van der Waals surface area contributed by atoms with E-state index >= 15 is 0 Å². The molecule has 1 atom stereocenters. The smallest absolute Gasteiger partial charge is 0.0761 e. The lowest BCUT2D eigenvalue weighted by atomic mass is 10.0. The Kier molecular flexibility index (Phi) is 3.75. The highest BCUT2D eigenvalue weighted by Gasteiger charge is 2.14. The van der Waals surface area contributed by atoms with E-state index in [4.69, 9.17) is 0 Å². The van der Waals surface area contributed by atoms with Crippen molar-refractivity contribution in [2.75, 3.05) is 18.0 Å². The number of benzene rings is 2. The summed E-state index contributed by atoms with van der Waals surface area (Å²) >= 11 is 0. The van der Waals surface area contributed by atoms with Gasteiger partial charge in [-0.15, -0.1) is 0 Å². The third kappa shape index (κ3) is 2.70. The van der Waals surface area contributed by atoms with Crippen LogP contribution in [-0.4, -0.2) is 18.2 Å². The molecule has 2 heteroatoms. The van der Waals surface area contributed by atoms with E-state index in [1.807, 2.05) is 12.1 Å². The standard InChI is InChI=1S/C18H21NO/c1-14(20)15-6-8-18(9-7-15)19-12-10-16-4-2-3-5-17(16)11-13-19/h2-9,14,20H,10-13H2,1H3/t14-/m1/s1. The molecule has 104 valence electrons. The third-order valence-corrected chi connectivity index (χ3v) is 4.16. The van der Waals surface area contributed by atoms with Crippen molar-refractivity contribution in [1.29, 1.82) is 0 Å². The molecule has 0 spiro atoms. The van der Waals surface area contributed by atoms with Crippen LogP contribution in [0.3, 0.4) is 0 Å². The first kappa shape index (κ1) is 13.2. The molecule has 1 aliphatic heterocycles. The zero-order valence-electron chi connectivity index (χ0n) is 11.9. The van der Waals surface area contributed by atoms with Gasteiger partial charge >= 0.3 is 0 Å². The largest absolute Gasteiger partial charge is 0.389 e. The summed E-state index contributed by atoms with van der Waals surface area (Å²) in [6.07, 6.45) is 1.82. The topological polar surface area (TPSA) is 23.5 Å². The first-order valence-electron chi connectivity index (χ1n) is 7.34. The Labute approximate surface area is 120 Å². The molecule has 0 bridgehead atoms. The molecule has 3 rings (SSSR count). The first-order valence-corrected chi connectivity index (χ1v) is 7.34. The monoisotopic (exact) mass is 267 g/mol. The van der Waals surface area contributed by atoms with Crippen molar-refractivity contribution >= 4 is 5.69 Å². The minimum Gasteiger partial charge on any atom is -0.389 e. The SMILES string of the molecule is C[C@@H](O)c1ccc(N2CCc3ccccc3CC2)cc1. The lowest BCUT2D eigenvalue weighted by Crippen LogP contribution is -2.25. The highest BCUT2D eigenvalue weighted by atomic mass is 16.3. The second kappa shape index (κ2) is 5.68. The van der Waals surface area contributed by atoms with Crippen LogP contribution in [0.15, 0.2) is 48.5 Å². The molecule has 0 saturated heterocycles. The van der Waals surface area contributed by atoms with Gasteiger partial charge in [0.1, 0.15) is 0 Å². The predicted molar refractivity (Wildman–Crippen MR) is 83.1 cm³/mol. The van der Waals surface area contributed by atoms with Gasteiger partial charge in [0.15, 0.2) is 0 Å². The minimum atomic E-state index is -0.391. The molecule has 0 saturated carbocycles. The summed E-state index contributed by atoms with van der Waals surface area (Å²) in [5.41, 5.74) is 5.19. The van der Waals surface area contributed by atoms with Crippen molar-refractivity contribution in [3.8, 4) is 0 Å². The van der Waals surface area contributed by atoms with Gasteiger partial charge in [0.05, 0.1) is 6.10 Å². The Morgan fingerprint density at radius 3 is 1.95 bits per heavy atom. The molecule has 1 aliphatic rings. The number of nitrogens with zero attached hydrogens (tertiary/aromatic N) is 1. The summed E-state index contributed by atoms with van der Waals surface area (Å²) in [4.78, 5) is 2.44. The van der Waals surface area contributed by atoms with Crippen molar-refractivity contribution in [1.82, 2.24) is 0 Å². The minimum absolute atomic E-state index is 0.391. The molecule has 1 heterocycles. The molecular formula is C18H21NO. The van der Waals surface area contributed by atoms with Gasteiger partial charge in [-0.3, -0.25) is 0 Å². The quantitative estimate of drug-likeness (QED) is 0.902. The number of aliphatic hydroxyl groups excluding tert-OH is 1. The first-order chi connectivity index (χ1) is 9.74. The Bertz CT molecular complexity index is 547. The number of rotatable bonds is 2. The zero-order chi connectivity index (χ0) is 13.9. The number of hydrogen-bond acceptors (Lipinski definition) is 2. The highest BCUT2D eigenvalue weighted by molar-refractivity contribution is 5.49. The molecule has 0 aliphatic carbocycles. The fourth-order valence-corrected chi connectivity index (χ4v) is 2.89. The Hall–Kier alpha value is -1.80. The van der Waals surface area contributed by atoms with Crippen LogP contribution in [0.2, 0.25) is 0 Å². The van der Waals surface area contributed by atoms with Gasteiger partial charge in [-0.05, 0) is 48.6 Å². The summed E-state index contributed by atoms with van der Waals surface area (Å²) in [6.45, 7) is 3.92. The van der Waals surface area contributed by atoms with Crippen molar-refractivity contribution in [2.24, 2.45) is 0 Å². The van der Waals surface area contributed by atoms with Crippen LogP contribution in [0.5, 0.6) is 0 Å². The van der Waals surface area contributed by atoms with Crippen LogP contribution >= 0.6 is 0 Å². The molecule has 0 amide bonds. The second-order valence-corrected chi connectivity index (χ2v) is 5.52. The number of fused-ring (bicyclic) bond motifs is 1. The normalized spacial score (nSPS) is 16.4. The third-order valence-electron chi connectivity index (χ3n) is 4.16. The maximum Gasteiger partial charge on any atom is 0.0761 e. The van der Waals surface area contributed by atoms with Gasteiger partial charge in [-0.1, -0.05) is 36.4 Å². The molecule has 0 aromatic heterocycles. The maximum absolute atomic E-state index is 9.57. The lowest BCUT2D eigenvalue weighted by molar-refractivity contribution is 0.199. The summed E-state index contributed by atoms with van der Waals surface area (Å²) in [7, 11) is 0. The van der Waals surface area contributed by atoms with Gasteiger partial charge in [-0.25, -0.2) is 0 Å². The molecule has 0 fully saturated rings. The van der Waals surface area contributed by atoms with Crippen LogP contribution in [-0.2, 0) is 12.8 Å². The molecule has 1 N–H and O–H groups in total. The predicted octanol–water partition coefficient (Wildman–Crippen LogP) is 3.35. The van der Waals surface area contributed by atoms with E-state index in [0.717, 1.165) is 31.5 Å². The van der Waals surface area contributed by atoms with Crippen molar-refractivity contribution in [3.05, 3.63) is 65.2 Å². The van der Waals surface area contributed by atoms with Crippen molar-refractivity contribution in [2.45, 2.75) is 25.9 Å². The van der Waals surface area contributed by atoms with E-state index < -0.39 is 6.10 Å². The Morgan fingerprint density at radius 2 is 1.45 bits per heavy atom. The van der Waals surface area contributed by atoms with E-state index in [9.17, 15) is 5.11 Å². The fourth-order valence-electron chi connectivity index (χ4n) is 2.89. The van der Waals surface area contributed by atoms with Crippen LogP contribution in [0.25, 0.3) is 0 Å². The highest BCUT2D eigenvalue weighted by Crippen LogP contribution is 2.23. The molecule has 2 aromatic rings. The van der Waals surface area contributed by atoms with E-state index in [-0.39, 0.29) is 0 Å². The van der Waals surface area contributed by atoms with Crippen LogP contribution < -0.4 is 4.90 Å². The molecule has 2 nitrogen and oxygen atoms in total. The van der Waals surface area contributed by atoms with E-state index in [2.05, 4.69) is 41.3 Å². The number of aliphatic hydroxyl groups is 1. The molecule has 0 unspecified atom stereocenters.